The first-order chi connectivity index (χ1) is 7.24. The number of ether oxygens (including phenoxy) is 2. The Labute approximate surface area is 88.0 Å². The quantitative estimate of drug-likeness (QED) is 0.831. The van der Waals surface area contributed by atoms with E-state index in [1.54, 1.807) is 6.07 Å². The van der Waals surface area contributed by atoms with E-state index in [1.807, 2.05) is 6.92 Å². The molecule has 0 amide bonds. The molecule has 0 fully saturated rings. The molecule has 0 bridgehead atoms. The van der Waals surface area contributed by atoms with Gasteiger partial charge in [-0.2, -0.15) is 0 Å². The number of hydrogen-bond acceptors (Lipinski definition) is 3. The monoisotopic (exact) mass is 211 g/mol. The highest BCUT2D eigenvalue weighted by Gasteiger charge is 2.24. The molecule has 0 aromatic heterocycles. The maximum Gasteiger partial charge on any atom is 0.231 e. The van der Waals surface area contributed by atoms with Crippen molar-refractivity contribution in [1.82, 2.24) is 0 Å². The minimum atomic E-state index is -0.369. The van der Waals surface area contributed by atoms with Crippen LogP contribution >= 0.6 is 0 Å². The second kappa shape index (κ2) is 4.06. The van der Waals surface area contributed by atoms with E-state index in [0.29, 0.717) is 12.3 Å². The summed E-state index contributed by atoms with van der Waals surface area (Å²) >= 11 is 0. The fraction of sp³-hybridized carbons (Fsp3) is 0.455. The highest BCUT2D eigenvalue weighted by molar-refractivity contribution is 5.50. The maximum atomic E-state index is 13.3. The standard InChI is InChI=1S/C11H14FNO2/c1-7(4-5-13)8-2-3-9(12)11-10(8)14-6-15-11/h2-3,7H,4-6,13H2,1H3. The SMILES string of the molecule is CC(CCN)c1ccc(F)c2c1OCO2. The van der Waals surface area contributed by atoms with E-state index in [2.05, 4.69) is 0 Å². The van der Waals surface area contributed by atoms with Crippen molar-refractivity contribution < 1.29 is 13.9 Å². The lowest BCUT2D eigenvalue weighted by Gasteiger charge is -2.13. The third-order valence-electron chi connectivity index (χ3n) is 2.63. The molecule has 4 heteroatoms. The van der Waals surface area contributed by atoms with Crippen LogP contribution in [0.4, 0.5) is 4.39 Å². The summed E-state index contributed by atoms with van der Waals surface area (Å²) in [7, 11) is 0. The van der Waals surface area contributed by atoms with Gasteiger partial charge in [0.15, 0.2) is 11.6 Å². The Balaban J connectivity index is 2.37. The van der Waals surface area contributed by atoms with Crippen molar-refractivity contribution in [1.29, 1.82) is 0 Å². The molecule has 0 saturated heterocycles. The third-order valence-corrected chi connectivity index (χ3v) is 2.63. The van der Waals surface area contributed by atoms with Gasteiger partial charge in [-0.05, 0) is 24.9 Å². The average Bonchev–Trinajstić information content (AvgIpc) is 2.68. The van der Waals surface area contributed by atoms with Crippen LogP contribution < -0.4 is 15.2 Å². The van der Waals surface area contributed by atoms with Crippen LogP contribution in [0.25, 0.3) is 0 Å². The first-order valence-electron chi connectivity index (χ1n) is 5.02. The van der Waals surface area contributed by atoms with Crippen molar-refractivity contribution in [3.63, 3.8) is 0 Å². The van der Waals surface area contributed by atoms with Gasteiger partial charge < -0.3 is 15.2 Å². The average molecular weight is 211 g/mol. The van der Waals surface area contributed by atoms with Gasteiger partial charge in [0.1, 0.15) is 0 Å². The molecule has 1 aromatic carbocycles. The van der Waals surface area contributed by atoms with Crippen LogP contribution in [-0.2, 0) is 0 Å². The van der Waals surface area contributed by atoms with Crippen LogP contribution in [0.15, 0.2) is 12.1 Å². The van der Waals surface area contributed by atoms with Crippen molar-refractivity contribution in [3.8, 4) is 11.5 Å². The van der Waals surface area contributed by atoms with E-state index in [-0.39, 0.29) is 24.3 Å². The van der Waals surface area contributed by atoms with Crippen LogP contribution in [0.1, 0.15) is 24.8 Å². The number of rotatable bonds is 3. The topological polar surface area (TPSA) is 44.5 Å². The zero-order valence-electron chi connectivity index (χ0n) is 8.63. The molecule has 1 aliphatic heterocycles. The van der Waals surface area contributed by atoms with Crippen molar-refractivity contribution in [2.45, 2.75) is 19.3 Å². The highest BCUT2D eigenvalue weighted by Crippen LogP contribution is 2.41. The molecule has 2 N–H and O–H groups in total. The molecule has 15 heavy (non-hydrogen) atoms. The van der Waals surface area contributed by atoms with Gasteiger partial charge in [0, 0.05) is 5.56 Å². The molecule has 0 spiro atoms. The summed E-state index contributed by atoms with van der Waals surface area (Å²) in [5.41, 5.74) is 6.46. The van der Waals surface area contributed by atoms with Crippen LogP contribution in [0.3, 0.4) is 0 Å². The largest absolute Gasteiger partial charge is 0.453 e. The Morgan fingerprint density at radius 3 is 2.87 bits per heavy atom. The number of benzene rings is 1. The van der Waals surface area contributed by atoms with Crippen molar-refractivity contribution >= 4 is 0 Å². The third kappa shape index (κ3) is 1.77. The predicted molar refractivity (Wildman–Crippen MR) is 54.6 cm³/mol. The molecular formula is C11H14FNO2. The van der Waals surface area contributed by atoms with Crippen molar-refractivity contribution in [2.24, 2.45) is 5.73 Å². The summed E-state index contributed by atoms with van der Waals surface area (Å²) < 4.78 is 23.6. The zero-order chi connectivity index (χ0) is 10.8. The van der Waals surface area contributed by atoms with Gasteiger partial charge in [-0.3, -0.25) is 0 Å². The molecule has 1 unspecified atom stereocenters. The van der Waals surface area contributed by atoms with E-state index < -0.39 is 0 Å². The maximum absolute atomic E-state index is 13.3. The Hall–Kier alpha value is -1.29. The van der Waals surface area contributed by atoms with Gasteiger partial charge in [0.05, 0.1) is 0 Å². The summed E-state index contributed by atoms with van der Waals surface area (Å²) in [6, 6.07) is 3.15. The second-order valence-electron chi connectivity index (χ2n) is 3.68. The number of fused-ring (bicyclic) bond motifs is 1. The van der Waals surface area contributed by atoms with Gasteiger partial charge in [-0.1, -0.05) is 13.0 Å². The lowest BCUT2D eigenvalue weighted by Crippen LogP contribution is -2.05. The summed E-state index contributed by atoms with van der Waals surface area (Å²) in [5, 5.41) is 0. The molecule has 2 rings (SSSR count). The summed E-state index contributed by atoms with van der Waals surface area (Å²) in [5.74, 6) is 0.657. The number of halogens is 1. The summed E-state index contributed by atoms with van der Waals surface area (Å²) in [6.07, 6.45) is 0.849. The first kappa shape index (κ1) is 10.2. The highest BCUT2D eigenvalue weighted by atomic mass is 19.1. The van der Waals surface area contributed by atoms with Crippen LogP contribution in [0, 0.1) is 5.82 Å². The summed E-state index contributed by atoms with van der Waals surface area (Å²) in [6.45, 7) is 2.74. The first-order valence-corrected chi connectivity index (χ1v) is 5.02. The Kier molecular flexibility index (Phi) is 2.77. The minimum Gasteiger partial charge on any atom is -0.453 e. The smallest absolute Gasteiger partial charge is 0.231 e. The number of nitrogens with two attached hydrogens (primary N) is 1. The van der Waals surface area contributed by atoms with E-state index in [0.717, 1.165) is 12.0 Å². The number of hydrogen-bond donors (Lipinski definition) is 1. The molecule has 1 atom stereocenters. The van der Waals surface area contributed by atoms with E-state index in [1.165, 1.54) is 6.07 Å². The predicted octanol–water partition coefficient (Wildman–Crippen LogP) is 2.01. The Morgan fingerprint density at radius 1 is 1.40 bits per heavy atom. The van der Waals surface area contributed by atoms with Crippen LogP contribution in [0.2, 0.25) is 0 Å². The Bertz CT molecular complexity index is 368. The normalized spacial score (nSPS) is 15.4. The Morgan fingerprint density at radius 2 is 2.13 bits per heavy atom. The van der Waals surface area contributed by atoms with Crippen LogP contribution in [-0.4, -0.2) is 13.3 Å². The van der Waals surface area contributed by atoms with E-state index in [9.17, 15) is 4.39 Å². The molecule has 82 valence electrons. The molecule has 0 aliphatic carbocycles. The molecule has 0 radical (unpaired) electrons. The molecule has 1 aromatic rings. The minimum absolute atomic E-state index is 0.0958. The lowest BCUT2D eigenvalue weighted by atomic mass is 9.96. The van der Waals surface area contributed by atoms with Gasteiger partial charge in [0.25, 0.3) is 0 Å². The van der Waals surface area contributed by atoms with E-state index in [4.69, 9.17) is 15.2 Å². The lowest BCUT2D eigenvalue weighted by molar-refractivity contribution is 0.170. The van der Waals surface area contributed by atoms with Gasteiger partial charge in [-0.25, -0.2) is 4.39 Å². The van der Waals surface area contributed by atoms with Crippen LogP contribution in [0.5, 0.6) is 11.5 Å². The van der Waals surface area contributed by atoms with Gasteiger partial charge >= 0.3 is 0 Å². The van der Waals surface area contributed by atoms with Gasteiger partial charge in [0.2, 0.25) is 12.5 Å². The molecular weight excluding hydrogens is 197 g/mol. The molecule has 1 aliphatic rings. The second-order valence-corrected chi connectivity index (χ2v) is 3.68. The fourth-order valence-corrected chi connectivity index (χ4v) is 1.78. The molecule has 1 heterocycles. The van der Waals surface area contributed by atoms with Crippen molar-refractivity contribution in [3.05, 3.63) is 23.5 Å². The van der Waals surface area contributed by atoms with Crippen molar-refractivity contribution in [2.75, 3.05) is 13.3 Å². The van der Waals surface area contributed by atoms with Gasteiger partial charge in [-0.15, -0.1) is 0 Å². The molecule has 0 saturated carbocycles. The summed E-state index contributed by atoms with van der Waals surface area (Å²) in [4.78, 5) is 0. The molecule has 3 nitrogen and oxygen atoms in total. The zero-order valence-corrected chi connectivity index (χ0v) is 8.63. The van der Waals surface area contributed by atoms with E-state index >= 15 is 0 Å². The fourth-order valence-electron chi connectivity index (χ4n) is 1.78.